The Labute approximate surface area is 79.0 Å². The quantitative estimate of drug-likeness (QED) is 0.541. The zero-order valence-corrected chi connectivity index (χ0v) is 8.16. The van der Waals surface area contributed by atoms with Crippen molar-refractivity contribution < 1.29 is 9.53 Å². The third-order valence-electron chi connectivity index (χ3n) is 1.54. The fourth-order valence-corrected chi connectivity index (χ4v) is 0.942. The number of carbonyl (C=O) groups excluding carboxylic acids is 1. The maximum absolute atomic E-state index is 10.9. The first-order valence-electron chi connectivity index (χ1n) is 4.51. The van der Waals surface area contributed by atoms with Crippen LogP contribution in [0.1, 0.15) is 6.92 Å². The molecule has 1 heterocycles. The smallest absolute Gasteiger partial charge is 0.236 e. The summed E-state index contributed by atoms with van der Waals surface area (Å²) in [5, 5.41) is 0. The molecular weight excluding hydrogens is 170 g/mol. The minimum atomic E-state index is 0.0169. The highest BCUT2D eigenvalue weighted by Crippen LogP contribution is 1.95. The number of ether oxygens (including phenoxy) is 1. The second-order valence-electron chi connectivity index (χ2n) is 2.61. The van der Waals surface area contributed by atoms with Gasteiger partial charge in [-0.3, -0.25) is 4.79 Å². The lowest BCUT2D eigenvalue weighted by atomic mass is 10.4. The Morgan fingerprint density at radius 2 is 1.85 bits per heavy atom. The number of rotatable bonds is 1. The molecule has 0 atom stereocenters. The van der Waals surface area contributed by atoms with Crippen molar-refractivity contribution in [2.24, 2.45) is 11.5 Å². The number of nitrogens with two attached hydrogens (primary N) is 2. The van der Waals surface area contributed by atoms with E-state index in [2.05, 4.69) is 0 Å². The molecule has 78 valence electrons. The van der Waals surface area contributed by atoms with E-state index >= 15 is 0 Å². The maximum Gasteiger partial charge on any atom is 0.236 e. The standard InChI is InChI=1S/C6H12N2O2.C2H7N/c7-5-6(9)8-1-3-10-4-2-8;1-2-3/h1-5,7H2;2-3H2,1H3. The van der Waals surface area contributed by atoms with Gasteiger partial charge < -0.3 is 21.1 Å². The number of nitrogens with zero attached hydrogens (tertiary/aromatic N) is 1. The summed E-state index contributed by atoms with van der Waals surface area (Å²) in [6.07, 6.45) is 0. The summed E-state index contributed by atoms with van der Waals surface area (Å²) in [6.45, 7) is 5.43. The first kappa shape index (κ1) is 12.3. The Morgan fingerprint density at radius 1 is 1.38 bits per heavy atom. The summed E-state index contributed by atoms with van der Waals surface area (Å²) in [4.78, 5) is 12.6. The van der Waals surface area contributed by atoms with Gasteiger partial charge in [0.05, 0.1) is 19.8 Å². The largest absolute Gasteiger partial charge is 0.378 e. The predicted octanol–water partition coefficient (Wildman–Crippen LogP) is -1.23. The van der Waals surface area contributed by atoms with Crippen molar-refractivity contribution in [2.45, 2.75) is 6.92 Å². The molecule has 0 spiro atoms. The van der Waals surface area contributed by atoms with E-state index in [-0.39, 0.29) is 12.5 Å². The highest BCUT2D eigenvalue weighted by molar-refractivity contribution is 5.78. The van der Waals surface area contributed by atoms with Crippen molar-refractivity contribution in [3.63, 3.8) is 0 Å². The molecule has 1 aliphatic rings. The second kappa shape index (κ2) is 7.97. The summed E-state index contributed by atoms with van der Waals surface area (Å²) in [6, 6.07) is 0. The lowest BCUT2D eigenvalue weighted by molar-refractivity contribution is -0.133. The maximum atomic E-state index is 10.9. The van der Waals surface area contributed by atoms with Gasteiger partial charge in [-0.05, 0) is 6.54 Å². The Morgan fingerprint density at radius 3 is 2.23 bits per heavy atom. The average Bonchev–Trinajstić information content (AvgIpc) is 2.19. The third kappa shape index (κ3) is 5.57. The molecule has 0 aromatic carbocycles. The molecule has 1 amide bonds. The van der Waals surface area contributed by atoms with E-state index in [0.29, 0.717) is 26.3 Å². The van der Waals surface area contributed by atoms with E-state index in [0.717, 1.165) is 6.54 Å². The fraction of sp³-hybridized carbons (Fsp3) is 0.875. The van der Waals surface area contributed by atoms with Gasteiger partial charge in [0.15, 0.2) is 0 Å². The molecule has 1 rings (SSSR count). The summed E-state index contributed by atoms with van der Waals surface area (Å²) >= 11 is 0. The van der Waals surface area contributed by atoms with Crippen LogP contribution >= 0.6 is 0 Å². The molecule has 0 aromatic rings. The average molecular weight is 189 g/mol. The van der Waals surface area contributed by atoms with Crippen LogP contribution in [0.2, 0.25) is 0 Å². The Balaban J connectivity index is 0.000000424. The van der Waals surface area contributed by atoms with Crippen molar-refractivity contribution in [2.75, 3.05) is 39.4 Å². The monoisotopic (exact) mass is 189 g/mol. The van der Waals surface area contributed by atoms with Crippen LogP contribution in [0.3, 0.4) is 0 Å². The molecule has 0 unspecified atom stereocenters. The highest BCUT2D eigenvalue weighted by atomic mass is 16.5. The van der Waals surface area contributed by atoms with Gasteiger partial charge in [-0.1, -0.05) is 6.92 Å². The molecule has 1 aliphatic heterocycles. The molecule has 0 aliphatic carbocycles. The zero-order chi connectivity index (χ0) is 10.1. The molecule has 13 heavy (non-hydrogen) atoms. The van der Waals surface area contributed by atoms with E-state index < -0.39 is 0 Å². The van der Waals surface area contributed by atoms with Gasteiger partial charge in [-0.15, -0.1) is 0 Å². The molecular formula is C8H19N3O2. The Hall–Kier alpha value is -0.650. The van der Waals surface area contributed by atoms with Crippen molar-refractivity contribution in [3.8, 4) is 0 Å². The summed E-state index contributed by atoms with van der Waals surface area (Å²) in [5.41, 5.74) is 10.0. The van der Waals surface area contributed by atoms with Gasteiger partial charge in [0.2, 0.25) is 5.91 Å². The van der Waals surface area contributed by atoms with Crippen molar-refractivity contribution in [1.82, 2.24) is 4.90 Å². The van der Waals surface area contributed by atoms with Crippen molar-refractivity contribution in [3.05, 3.63) is 0 Å². The van der Waals surface area contributed by atoms with Crippen LogP contribution in [0, 0.1) is 0 Å². The molecule has 1 fully saturated rings. The molecule has 5 heteroatoms. The van der Waals surface area contributed by atoms with E-state index in [1.807, 2.05) is 6.92 Å². The van der Waals surface area contributed by atoms with Gasteiger partial charge in [-0.2, -0.15) is 0 Å². The summed E-state index contributed by atoms with van der Waals surface area (Å²) in [7, 11) is 0. The minimum Gasteiger partial charge on any atom is -0.378 e. The molecule has 4 N–H and O–H groups in total. The van der Waals surface area contributed by atoms with E-state index in [9.17, 15) is 4.79 Å². The van der Waals surface area contributed by atoms with E-state index in [1.54, 1.807) is 4.90 Å². The van der Waals surface area contributed by atoms with Crippen LogP contribution in [0.5, 0.6) is 0 Å². The number of amides is 1. The van der Waals surface area contributed by atoms with Gasteiger partial charge in [-0.25, -0.2) is 0 Å². The number of carbonyl (C=O) groups is 1. The van der Waals surface area contributed by atoms with E-state index in [1.165, 1.54) is 0 Å². The van der Waals surface area contributed by atoms with Gasteiger partial charge >= 0.3 is 0 Å². The topological polar surface area (TPSA) is 81.6 Å². The SMILES string of the molecule is CCN.NCC(=O)N1CCOCC1. The van der Waals surface area contributed by atoms with Crippen LogP contribution in [0.4, 0.5) is 0 Å². The highest BCUT2D eigenvalue weighted by Gasteiger charge is 2.14. The Kier molecular flexibility index (Phi) is 7.57. The van der Waals surface area contributed by atoms with Crippen LogP contribution in [0.25, 0.3) is 0 Å². The molecule has 5 nitrogen and oxygen atoms in total. The lowest BCUT2D eigenvalue weighted by Crippen LogP contribution is -2.43. The molecule has 0 saturated carbocycles. The van der Waals surface area contributed by atoms with Crippen molar-refractivity contribution in [1.29, 1.82) is 0 Å². The number of hydrogen-bond donors (Lipinski definition) is 2. The molecule has 0 bridgehead atoms. The molecule has 0 aromatic heterocycles. The third-order valence-corrected chi connectivity index (χ3v) is 1.54. The summed E-state index contributed by atoms with van der Waals surface area (Å²) < 4.78 is 5.06. The van der Waals surface area contributed by atoms with Crippen molar-refractivity contribution >= 4 is 5.91 Å². The van der Waals surface area contributed by atoms with Crippen LogP contribution in [0.15, 0.2) is 0 Å². The van der Waals surface area contributed by atoms with Gasteiger partial charge in [0.25, 0.3) is 0 Å². The van der Waals surface area contributed by atoms with Gasteiger partial charge in [0.1, 0.15) is 0 Å². The normalized spacial score (nSPS) is 16.1. The second-order valence-corrected chi connectivity index (χ2v) is 2.61. The van der Waals surface area contributed by atoms with Gasteiger partial charge in [0, 0.05) is 13.1 Å². The first-order valence-corrected chi connectivity index (χ1v) is 4.51. The molecule has 0 radical (unpaired) electrons. The predicted molar refractivity (Wildman–Crippen MR) is 51.2 cm³/mol. The number of morpholine rings is 1. The van der Waals surface area contributed by atoms with Crippen LogP contribution in [-0.2, 0) is 9.53 Å². The Bertz CT molecular complexity index is 135. The molecule has 1 saturated heterocycles. The van der Waals surface area contributed by atoms with Crippen LogP contribution < -0.4 is 11.5 Å². The first-order chi connectivity index (χ1) is 6.26. The number of hydrogen-bond acceptors (Lipinski definition) is 4. The van der Waals surface area contributed by atoms with Crippen LogP contribution in [-0.4, -0.2) is 50.2 Å². The van der Waals surface area contributed by atoms with E-state index in [4.69, 9.17) is 16.2 Å². The summed E-state index contributed by atoms with van der Waals surface area (Å²) in [5.74, 6) is 0.0169. The lowest BCUT2D eigenvalue weighted by Gasteiger charge is -2.26. The zero-order valence-electron chi connectivity index (χ0n) is 8.16. The fourth-order valence-electron chi connectivity index (χ4n) is 0.942. The minimum absolute atomic E-state index is 0.0169.